The molecule has 5 nitrogen and oxygen atoms in total. The average Bonchev–Trinajstić information content (AvgIpc) is 2.92. The Balaban J connectivity index is 0.00000300. The molecular formula is C23H32IN3O2. The van der Waals surface area contributed by atoms with E-state index in [1.54, 1.807) is 0 Å². The van der Waals surface area contributed by atoms with Crippen molar-refractivity contribution in [2.24, 2.45) is 24.8 Å². The molecule has 2 aromatic rings. The van der Waals surface area contributed by atoms with E-state index in [1.807, 2.05) is 29.8 Å². The summed E-state index contributed by atoms with van der Waals surface area (Å²) >= 11 is 0. The normalized spacial score (nSPS) is 21.6. The zero-order valence-corrected chi connectivity index (χ0v) is 20.3. The molecule has 0 aliphatic heterocycles. The molecule has 3 atom stereocenters. The first-order valence-electron chi connectivity index (χ1n) is 10.4. The van der Waals surface area contributed by atoms with E-state index in [4.69, 9.17) is 11.3 Å². The van der Waals surface area contributed by atoms with E-state index in [-0.39, 0.29) is 42.6 Å². The number of aryl methyl sites for hydroxylation is 1. The number of rotatable bonds is 5. The van der Waals surface area contributed by atoms with Crippen LogP contribution in [0.3, 0.4) is 0 Å². The van der Waals surface area contributed by atoms with Gasteiger partial charge in [0, 0.05) is 6.42 Å². The Morgan fingerprint density at radius 2 is 2.10 bits per heavy atom. The van der Waals surface area contributed by atoms with E-state index >= 15 is 0 Å². The highest BCUT2D eigenvalue weighted by atomic mass is 127. The lowest BCUT2D eigenvalue weighted by Gasteiger charge is -2.36. The van der Waals surface area contributed by atoms with Crippen LogP contribution in [0.1, 0.15) is 52.8 Å². The molecule has 1 saturated carbocycles. The molecule has 1 aromatic carbocycles. The van der Waals surface area contributed by atoms with Gasteiger partial charge in [-0.05, 0) is 42.7 Å². The second kappa shape index (κ2) is 9.92. The molecule has 0 N–H and O–H groups in total. The van der Waals surface area contributed by atoms with Crippen molar-refractivity contribution in [3.63, 3.8) is 0 Å². The Hall–Kier alpha value is -1.62. The number of halogens is 1. The van der Waals surface area contributed by atoms with Gasteiger partial charge < -0.3 is 28.7 Å². The minimum atomic E-state index is -0.176. The Morgan fingerprint density at radius 1 is 1.38 bits per heavy atom. The zero-order chi connectivity index (χ0) is 20.4. The summed E-state index contributed by atoms with van der Waals surface area (Å²) in [5.41, 5.74) is 2.54. The van der Waals surface area contributed by atoms with Crippen LogP contribution in [-0.4, -0.2) is 16.6 Å². The van der Waals surface area contributed by atoms with Crippen LogP contribution in [-0.2, 0) is 29.5 Å². The summed E-state index contributed by atoms with van der Waals surface area (Å²) < 4.78 is 10.1. The number of hydrogen-bond donors (Lipinski definition) is 0. The van der Waals surface area contributed by atoms with Gasteiger partial charge in [-0.3, -0.25) is 0 Å². The van der Waals surface area contributed by atoms with Crippen LogP contribution < -0.4 is 28.5 Å². The van der Waals surface area contributed by atoms with E-state index in [9.17, 15) is 4.79 Å². The Morgan fingerprint density at radius 3 is 2.72 bits per heavy atom. The molecule has 0 spiro atoms. The SMILES string of the molecule is [C-]#[N+]c1ccc2c(c1)n(CC(=O)O[C@@H]1C[C@H](C)CC[C@H]1C(C)C)c(CC)[n+]2C.[I-]. The smallest absolute Gasteiger partial charge is 0.348 e. The fraction of sp³-hybridized carbons (Fsp3) is 0.609. The predicted octanol–water partition coefficient (Wildman–Crippen LogP) is 1.59. The standard InChI is InChI=1S/C23H32N3O2.HI/c1-7-22-25(6)19-11-9-17(24-5)13-20(19)26(22)14-23(27)28-21-12-16(4)8-10-18(21)15(2)3;/h9,11,13,15-16,18,21H,7-8,10,12,14H2,1-4,6H3;1H/q+1;/p-1/t16-,18+,21-;/m1./s1. The highest BCUT2D eigenvalue weighted by molar-refractivity contribution is 5.80. The summed E-state index contributed by atoms with van der Waals surface area (Å²) in [6.45, 7) is 16.3. The minimum Gasteiger partial charge on any atom is -1.00 e. The Labute approximate surface area is 191 Å². The third kappa shape index (κ3) is 4.93. The first-order valence-corrected chi connectivity index (χ1v) is 10.4. The van der Waals surface area contributed by atoms with E-state index in [2.05, 4.69) is 37.1 Å². The molecule has 0 bridgehead atoms. The maximum atomic E-state index is 12.9. The van der Waals surface area contributed by atoms with Gasteiger partial charge in [0.25, 0.3) is 5.82 Å². The Bertz CT molecular complexity index is 913. The average molecular weight is 509 g/mol. The molecule has 1 fully saturated rings. The maximum absolute atomic E-state index is 12.9. The fourth-order valence-corrected chi connectivity index (χ4v) is 4.73. The number of aromatic nitrogens is 2. The van der Waals surface area contributed by atoms with Gasteiger partial charge in [0.1, 0.15) is 6.10 Å². The van der Waals surface area contributed by atoms with Gasteiger partial charge in [0.05, 0.1) is 13.6 Å². The van der Waals surface area contributed by atoms with E-state index in [1.165, 1.54) is 6.42 Å². The van der Waals surface area contributed by atoms with Crippen molar-refractivity contribution in [3.8, 4) is 0 Å². The van der Waals surface area contributed by atoms with Gasteiger partial charge >= 0.3 is 5.97 Å². The van der Waals surface area contributed by atoms with Crippen molar-refractivity contribution in [2.45, 2.75) is 66.0 Å². The molecule has 0 amide bonds. The lowest BCUT2D eigenvalue weighted by Crippen LogP contribution is -3.00. The third-order valence-electron chi connectivity index (χ3n) is 6.29. The number of esters is 1. The second-order valence-corrected chi connectivity index (χ2v) is 8.55. The molecule has 1 heterocycles. The third-order valence-corrected chi connectivity index (χ3v) is 6.29. The van der Waals surface area contributed by atoms with Gasteiger partial charge in [-0.2, -0.15) is 0 Å². The Kier molecular flexibility index (Phi) is 8.10. The molecule has 3 rings (SSSR count). The first kappa shape index (κ1) is 23.7. The summed E-state index contributed by atoms with van der Waals surface area (Å²) in [6, 6.07) is 5.66. The number of benzene rings is 1. The van der Waals surface area contributed by atoms with Gasteiger partial charge in [0.15, 0.2) is 23.3 Å². The number of nitrogens with zero attached hydrogens (tertiary/aromatic N) is 3. The molecule has 29 heavy (non-hydrogen) atoms. The number of hydrogen-bond acceptors (Lipinski definition) is 2. The molecule has 0 radical (unpaired) electrons. The van der Waals surface area contributed by atoms with Crippen molar-refractivity contribution in [1.29, 1.82) is 0 Å². The highest BCUT2D eigenvalue weighted by Crippen LogP contribution is 2.35. The van der Waals surface area contributed by atoms with Crippen molar-refractivity contribution in [1.82, 2.24) is 4.57 Å². The minimum absolute atomic E-state index is 0. The van der Waals surface area contributed by atoms with Crippen molar-refractivity contribution in [2.75, 3.05) is 0 Å². The lowest BCUT2D eigenvalue weighted by molar-refractivity contribution is -0.653. The van der Waals surface area contributed by atoms with Gasteiger partial charge in [-0.1, -0.05) is 40.2 Å². The van der Waals surface area contributed by atoms with E-state index in [0.29, 0.717) is 23.4 Å². The molecule has 0 saturated heterocycles. The van der Waals surface area contributed by atoms with Crippen LogP contribution in [0.2, 0.25) is 0 Å². The van der Waals surface area contributed by atoms with E-state index in [0.717, 1.165) is 36.1 Å². The van der Waals surface area contributed by atoms with E-state index < -0.39 is 0 Å². The molecule has 1 aliphatic carbocycles. The maximum Gasteiger partial charge on any atom is 0.348 e. The summed E-state index contributed by atoms with van der Waals surface area (Å²) in [6.07, 6.45) is 4.12. The molecule has 0 unspecified atom stereocenters. The fourth-order valence-electron chi connectivity index (χ4n) is 4.73. The summed E-state index contributed by atoms with van der Waals surface area (Å²) in [5, 5.41) is 0. The number of fused-ring (bicyclic) bond motifs is 1. The predicted molar refractivity (Wildman–Crippen MR) is 110 cm³/mol. The quantitative estimate of drug-likeness (QED) is 0.266. The summed E-state index contributed by atoms with van der Waals surface area (Å²) in [7, 11) is 2.01. The van der Waals surface area contributed by atoms with Crippen molar-refractivity contribution >= 4 is 22.7 Å². The lowest BCUT2D eigenvalue weighted by atomic mass is 9.75. The van der Waals surface area contributed by atoms with Crippen LogP contribution in [0.4, 0.5) is 5.69 Å². The first-order chi connectivity index (χ1) is 13.3. The highest BCUT2D eigenvalue weighted by Gasteiger charge is 2.34. The zero-order valence-electron chi connectivity index (χ0n) is 18.1. The van der Waals surface area contributed by atoms with Crippen LogP contribution in [0.15, 0.2) is 18.2 Å². The molecular weight excluding hydrogens is 477 g/mol. The molecule has 1 aromatic heterocycles. The second-order valence-electron chi connectivity index (χ2n) is 8.55. The van der Waals surface area contributed by atoms with Crippen molar-refractivity contribution < 1.29 is 38.1 Å². The van der Waals surface area contributed by atoms with Crippen LogP contribution >= 0.6 is 0 Å². The van der Waals surface area contributed by atoms with Gasteiger partial charge in [0.2, 0.25) is 0 Å². The van der Waals surface area contributed by atoms with Gasteiger partial charge in [-0.15, -0.1) is 0 Å². The number of carbonyl (C=O) groups excluding carboxylic acids is 1. The number of ether oxygens (including phenoxy) is 1. The van der Waals surface area contributed by atoms with Crippen molar-refractivity contribution in [3.05, 3.63) is 35.4 Å². The topological polar surface area (TPSA) is 39.5 Å². The monoisotopic (exact) mass is 509 g/mol. The molecule has 6 heteroatoms. The number of imidazole rings is 1. The molecule has 158 valence electrons. The van der Waals surface area contributed by atoms with Crippen LogP contribution in [0, 0.1) is 24.3 Å². The summed E-state index contributed by atoms with van der Waals surface area (Å²) in [4.78, 5) is 16.5. The summed E-state index contributed by atoms with van der Waals surface area (Å²) in [5.74, 6) is 2.45. The van der Waals surface area contributed by atoms with Gasteiger partial charge in [-0.25, -0.2) is 18.8 Å². The van der Waals surface area contributed by atoms with Crippen LogP contribution in [0.25, 0.3) is 15.9 Å². The molecule has 1 aliphatic rings. The van der Waals surface area contributed by atoms with Crippen LogP contribution in [0.5, 0.6) is 0 Å². The largest absolute Gasteiger partial charge is 1.00 e. The number of carbonyl (C=O) groups is 1.